The lowest BCUT2D eigenvalue weighted by molar-refractivity contribution is 0.0901. The van der Waals surface area contributed by atoms with Crippen LogP contribution in [0, 0.1) is 0 Å². The number of carbonyl (C=O) groups is 1. The second kappa shape index (κ2) is 7.98. The van der Waals surface area contributed by atoms with E-state index in [9.17, 15) is 13.2 Å². The average Bonchev–Trinajstić information content (AvgIpc) is 3.40. The van der Waals surface area contributed by atoms with Gasteiger partial charge in [0.2, 0.25) is 0 Å². The van der Waals surface area contributed by atoms with E-state index >= 15 is 0 Å². The molecule has 3 atom stereocenters. The van der Waals surface area contributed by atoms with E-state index in [1.807, 2.05) is 20.9 Å². The molecule has 3 fully saturated rings. The fourth-order valence-electron chi connectivity index (χ4n) is 4.21. The Balaban J connectivity index is 1.34. The molecule has 2 saturated heterocycles. The maximum Gasteiger partial charge on any atom is 0.282 e. The molecule has 1 amide bonds. The first-order chi connectivity index (χ1) is 13.8. The van der Waals surface area contributed by atoms with Crippen molar-refractivity contribution in [2.24, 2.45) is 0 Å². The van der Waals surface area contributed by atoms with E-state index < -0.39 is 10.2 Å². The van der Waals surface area contributed by atoms with E-state index in [1.165, 1.54) is 0 Å². The fourth-order valence-corrected chi connectivity index (χ4v) is 6.10. The highest BCUT2D eigenvalue weighted by molar-refractivity contribution is 7.86. The highest BCUT2D eigenvalue weighted by atomic mass is 32.2. The molecule has 162 valence electrons. The average molecular weight is 426 g/mol. The molecule has 1 unspecified atom stereocenters. The van der Waals surface area contributed by atoms with Crippen LogP contribution in [0.2, 0.25) is 0 Å². The SMILES string of the molecule is CC1CN(S(=O)(=O)N2CC[C@H](NC(=O)c3cc(C4CC4)on3)C[C@@H]2C)CCN1C. The number of aromatic nitrogens is 1. The second-order valence-electron chi connectivity index (χ2n) is 8.74. The van der Waals surface area contributed by atoms with Crippen LogP contribution in [0.3, 0.4) is 0 Å². The first kappa shape index (κ1) is 20.8. The van der Waals surface area contributed by atoms with Gasteiger partial charge in [0.1, 0.15) is 5.76 Å². The van der Waals surface area contributed by atoms with Crippen LogP contribution in [0.5, 0.6) is 0 Å². The number of nitrogens with one attached hydrogen (secondary N) is 1. The summed E-state index contributed by atoms with van der Waals surface area (Å²) in [6.45, 7) is 6.13. The van der Waals surface area contributed by atoms with E-state index in [2.05, 4.69) is 15.4 Å². The van der Waals surface area contributed by atoms with Crippen LogP contribution in [0.1, 0.15) is 61.7 Å². The molecule has 1 aliphatic carbocycles. The number of hydrogen-bond acceptors (Lipinski definition) is 6. The summed E-state index contributed by atoms with van der Waals surface area (Å²) in [5.74, 6) is 0.947. The third-order valence-corrected chi connectivity index (χ3v) is 8.56. The van der Waals surface area contributed by atoms with E-state index in [1.54, 1.807) is 14.7 Å². The van der Waals surface area contributed by atoms with E-state index in [0.29, 0.717) is 44.1 Å². The molecule has 10 heteroatoms. The van der Waals surface area contributed by atoms with Crippen molar-refractivity contribution in [1.82, 2.24) is 24.0 Å². The molecule has 3 aliphatic rings. The molecular weight excluding hydrogens is 394 g/mol. The van der Waals surface area contributed by atoms with Gasteiger partial charge in [-0.05, 0) is 46.6 Å². The van der Waals surface area contributed by atoms with Gasteiger partial charge in [-0.3, -0.25) is 4.79 Å². The van der Waals surface area contributed by atoms with Gasteiger partial charge in [0.25, 0.3) is 16.1 Å². The molecule has 1 aromatic rings. The summed E-state index contributed by atoms with van der Waals surface area (Å²) in [6.07, 6.45) is 3.35. The lowest BCUT2D eigenvalue weighted by Gasteiger charge is -2.43. The van der Waals surface area contributed by atoms with Crippen molar-refractivity contribution < 1.29 is 17.7 Å². The highest BCUT2D eigenvalue weighted by Crippen LogP contribution is 2.40. The Hall–Kier alpha value is -1.49. The zero-order valence-electron chi connectivity index (χ0n) is 17.4. The largest absolute Gasteiger partial charge is 0.360 e. The van der Waals surface area contributed by atoms with Crippen LogP contribution in [0.4, 0.5) is 0 Å². The highest BCUT2D eigenvalue weighted by Gasteiger charge is 2.39. The Morgan fingerprint density at radius 3 is 2.59 bits per heavy atom. The van der Waals surface area contributed by atoms with E-state index in [-0.39, 0.29) is 24.0 Å². The smallest absolute Gasteiger partial charge is 0.282 e. The van der Waals surface area contributed by atoms with Crippen molar-refractivity contribution in [3.8, 4) is 0 Å². The monoisotopic (exact) mass is 425 g/mol. The Kier molecular flexibility index (Phi) is 5.71. The van der Waals surface area contributed by atoms with Crippen LogP contribution < -0.4 is 5.32 Å². The Morgan fingerprint density at radius 2 is 1.93 bits per heavy atom. The van der Waals surface area contributed by atoms with Gasteiger partial charge in [-0.2, -0.15) is 17.0 Å². The van der Waals surface area contributed by atoms with Crippen LogP contribution in [-0.2, 0) is 10.2 Å². The summed E-state index contributed by atoms with van der Waals surface area (Å²) < 4.78 is 34.7. The summed E-state index contributed by atoms with van der Waals surface area (Å²) in [5, 5.41) is 6.89. The maximum absolute atomic E-state index is 13.1. The minimum Gasteiger partial charge on any atom is -0.360 e. The summed E-state index contributed by atoms with van der Waals surface area (Å²) in [4.78, 5) is 14.7. The van der Waals surface area contributed by atoms with Gasteiger partial charge < -0.3 is 14.7 Å². The number of likely N-dealkylation sites (N-methyl/N-ethyl adjacent to an activating group) is 1. The topological polar surface area (TPSA) is 99.0 Å². The molecule has 2 aliphatic heterocycles. The van der Waals surface area contributed by atoms with Crippen molar-refractivity contribution in [3.63, 3.8) is 0 Å². The number of carbonyl (C=O) groups excluding carboxylic acids is 1. The summed E-state index contributed by atoms with van der Waals surface area (Å²) in [5.41, 5.74) is 0.307. The zero-order valence-corrected chi connectivity index (χ0v) is 18.2. The van der Waals surface area contributed by atoms with Crippen LogP contribution >= 0.6 is 0 Å². The van der Waals surface area contributed by atoms with Crippen molar-refractivity contribution in [1.29, 1.82) is 0 Å². The van der Waals surface area contributed by atoms with Crippen LogP contribution in [-0.4, -0.2) is 84.3 Å². The minimum absolute atomic E-state index is 0.0727. The Labute approximate surface area is 172 Å². The number of piperazine rings is 1. The molecule has 4 rings (SSSR count). The molecule has 0 bridgehead atoms. The summed E-state index contributed by atoms with van der Waals surface area (Å²) in [7, 11) is -1.47. The molecule has 1 saturated carbocycles. The maximum atomic E-state index is 13.1. The van der Waals surface area contributed by atoms with E-state index in [4.69, 9.17) is 4.52 Å². The molecule has 1 aromatic heterocycles. The molecule has 29 heavy (non-hydrogen) atoms. The third kappa shape index (κ3) is 4.35. The predicted molar refractivity (Wildman–Crippen MR) is 108 cm³/mol. The number of piperidine rings is 1. The predicted octanol–water partition coefficient (Wildman–Crippen LogP) is 1.02. The Morgan fingerprint density at radius 1 is 1.17 bits per heavy atom. The Bertz CT molecular complexity index is 853. The van der Waals surface area contributed by atoms with Gasteiger partial charge in [0.15, 0.2) is 5.69 Å². The van der Waals surface area contributed by atoms with Crippen molar-refractivity contribution in [2.75, 3.05) is 33.2 Å². The number of hydrogen-bond donors (Lipinski definition) is 1. The quantitative estimate of drug-likeness (QED) is 0.756. The first-order valence-corrected chi connectivity index (χ1v) is 11.9. The third-order valence-electron chi connectivity index (χ3n) is 6.44. The summed E-state index contributed by atoms with van der Waals surface area (Å²) in [6, 6.07) is 1.68. The van der Waals surface area contributed by atoms with Crippen molar-refractivity contribution >= 4 is 16.1 Å². The first-order valence-electron chi connectivity index (χ1n) is 10.5. The molecule has 0 radical (unpaired) electrons. The van der Waals surface area contributed by atoms with Gasteiger partial charge in [0, 0.05) is 56.3 Å². The van der Waals surface area contributed by atoms with Gasteiger partial charge in [-0.15, -0.1) is 0 Å². The van der Waals surface area contributed by atoms with E-state index in [0.717, 1.165) is 25.1 Å². The minimum atomic E-state index is -3.49. The zero-order chi connectivity index (χ0) is 20.8. The van der Waals surface area contributed by atoms with Gasteiger partial charge in [0.05, 0.1) is 0 Å². The van der Waals surface area contributed by atoms with Gasteiger partial charge in [-0.25, -0.2) is 0 Å². The second-order valence-corrected chi connectivity index (χ2v) is 10.6. The lowest BCUT2D eigenvalue weighted by atomic mass is 10.0. The fraction of sp³-hybridized carbons (Fsp3) is 0.789. The number of rotatable bonds is 5. The molecule has 0 aromatic carbocycles. The van der Waals surface area contributed by atoms with Gasteiger partial charge in [-0.1, -0.05) is 5.16 Å². The van der Waals surface area contributed by atoms with Crippen LogP contribution in [0.15, 0.2) is 10.6 Å². The number of amides is 1. The molecular formula is C19H31N5O4S. The molecule has 0 spiro atoms. The van der Waals surface area contributed by atoms with Crippen molar-refractivity contribution in [2.45, 2.75) is 63.6 Å². The van der Waals surface area contributed by atoms with Crippen molar-refractivity contribution in [3.05, 3.63) is 17.5 Å². The summed E-state index contributed by atoms with van der Waals surface area (Å²) >= 11 is 0. The standard InChI is InChI=1S/C19H31N5O4S/c1-13-10-16(20-19(25)17-11-18(28-21-17)15-4-5-15)6-7-24(13)29(26,27)23-9-8-22(3)14(2)12-23/h11,13-16H,4-10,12H2,1-3H3,(H,20,25)/t13-,14?,16-/m0/s1. The molecule has 3 heterocycles. The molecule has 9 nitrogen and oxygen atoms in total. The normalized spacial score (nSPS) is 30.4. The van der Waals surface area contributed by atoms with Gasteiger partial charge >= 0.3 is 0 Å². The number of nitrogens with zero attached hydrogens (tertiary/aromatic N) is 4. The lowest BCUT2D eigenvalue weighted by Crippen LogP contribution is -2.59. The van der Waals surface area contributed by atoms with Crippen LogP contribution in [0.25, 0.3) is 0 Å². The molecule has 1 N–H and O–H groups in total.